The van der Waals surface area contributed by atoms with Crippen molar-refractivity contribution < 1.29 is 32.9 Å². The molecule has 0 aliphatic rings. The standard InChI is InChI=1S/C47H87N2O6P/c1-6-8-10-12-14-16-18-20-21-22-23-24-25-26-27-29-31-33-35-37-39-41-47(51)48-45(44-55-56(52,53)54-43-42-49(3,4)5)46(50)40-38-36-34-32-30-28-19-17-15-13-11-9-7-2/h18,20,22-23,25-26,30,32,38,40,45-46,50H,6-17,19,21,24,27-29,31,33-37,39,41-44H2,1-5H3,(H-,48,51,52,53)/b20-18-,23-22-,26-25-,32-30+,40-38+. The van der Waals surface area contributed by atoms with E-state index in [0.29, 0.717) is 17.4 Å². The molecule has 0 aliphatic heterocycles. The Morgan fingerprint density at radius 3 is 1.57 bits per heavy atom. The molecule has 3 atom stereocenters. The Morgan fingerprint density at radius 1 is 0.625 bits per heavy atom. The van der Waals surface area contributed by atoms with Gasteiger partial charge in [0.25, 0.3) is 7.82 Å². The molecular weight excluding hydrogens is 719 g/mol. The van der Waals surface area contributed by atoms with Crippen molar-refractivity contribution in [3.63, 3.8) is 0 Å². The van der Waals surface area contributed by atoms with E-state index < -0.39 is 26.6 Å². The molecule has 0 heterocycles. The number of aliphatic hydroxyl groups excluding tert-OH is 1. The molecule has 0 saturated heterocycles. The summed E-state index contributed by atoms with van der Waals surface area (Å²) >= 11 is 0. The highest BCUT2D eigenvalue weighted by Gasteiger charge is 2.23. The van der Waals surface area contributed by atoms with Crippen LogP contribution < -0.4 is 10.2 Å². The van der Waals surface area contributed by atoms with Crippen LogP contribution in [-0.2, 0) is 18.4 Å². The van der Waals surface area contributed by atoms with Crippen molar-refractivity contribution in [2.24, 2.45) is 0 Å². The third-order valence-electron chi connectivity index (χ3n) is 9.70. The van der Waals surface area contributed by atoms with Gasteiger partial charge in [-0.25, -0.2) is 0 Å². The second kappa shape index (κ2) is 38.7. The quantitative estimate of drug-likeness (QED) is 0.0276. The normalized spacial score (nSPS) is 14.9. The number of carbonyl (C=O) groups excluding carboxylic acids is 1. The minimum atomic E-state index is -4.60. The van der Waals surface area contributed by atoms with E-state index in [1.54, 1.807) is 6.08 Å². The van der Waals surface area contributed by atoms with Gasteiger partial charge in [0.05, 0.1) is 39.9 Å². The first-order valence-electron chi connectivity index (χ1n) is 22.7. The van der Waals surface area contributed by atoms with Crippen LogP contribution >= 0.6 is 7.82 Å². The highest BCUT2D eigenvalue weighted by Crippen LogP contribution is 2.38. The molecule has 8 nitrogen and oxygen atoms in total. The molecule has 56 heavy (non-hydrogen) atoms. The van der Waals surface area contributed by atoms with Crippen molar-refractivity contribution in [3.8, 4) is 0 Å². The van der Waals surface area contributed by atoms with Gasteiger partial charge in [0.15, 0.2) is 0 Å². The van der Waals surface area contributed by atoms with Crippen molar-refractivity contribution in [1.29, 1.82) is 0 Å². The summed E-state index contributed by atoms with van der Waals surface area (Å²) in [5, 5.41) is 13.7. The average molecular weight is 807 g/mol. The molecular formula is C47H87N2O6P. The Balaban J connectivity index is 4.45. The summed E-state index contributed by atoms with van der Waals surface area (Å²) < 4.78 is 23.2. The van der Waals surface area contributed by atoms with Gasteiger partial charge in [0, 0.05) is 6.42 Å². The molecule has 3 unspecified atom stereocenters. The molecule has 0 aliphatic carbocycles. The summed E-state index contributed by atoms with van der Waals surface area (Å²) in [6.45, 7) is 4.57. The third kappa shape index (κ3) is 40.4. The molecule has 0 saturated carbocycles. The van der Waals surface area contributed by atoms with Gasteiger partial charge in [-0.1, -0.05) is 164 Å². The number of phosphoric acid groups is 1. The molecule has 0 spiro atoms. The zero-order chi connectivity index (χ0) is 41.4. The monoisotopic (exact) mass is 807 g/mol. The highest BCUT2D eigenvalue weighted by molar-refractivity contribution is 7.45. The van der Waals surface area contributed by atoms with Crippen LogP contribution in [0.25, 0.3) is 0 Å². The van der Waals surface area contributed by atoms with Crippen molar-refractivity contribution >= 4 is 13.7 Å². The second-order valence-corrected chi connectivity index (χ2v) is 17.8. The summed E-state index contributed by atoms with van der Waals surface area (Å²) in [6, 6.07) is -0.911. The number of phosphoric ester groups is 1. The molecule has 326 valence electrons. The Hall–Kier alpha value is -1.80. The van der Waals surface area contributed by atoms with Gasteiger partial charge in [0.1, 0.15) is 13.2 Å². The minimum absolute atomic E-state index is 0.0117. The largest absolute Gasteiger partial charge is 0.756 e. The van der Waals surface area contributed by atoms with E-state index in [9.17, 15) is 19.4 Å². The number of aliphatic hydroxyl groups is 1. The van der Waals surface area contributed by atoms with Crippen LogP contribution in [-0.4, -0.2) is 68.5 Å². The number of nitrogens with one attached hydrogen (secondary N) is 1. The van der Waals surface area contributed by atoms with E-state index in [2.05, 4.69) is 67.8 Å². The van der Waals surface area contributed by atoms with Gasteiger partial charge in [-0.2, -0.15) is 0 Å². The first-order chi connectivity index (χ1) is 27.0. The fourth-order valence-corrected chi connectivity index (χ4v) is 6.78. The van der Waals surface area contributed by atoms with E-state index in [0.717, 1.165) is 64.2 Å². The number of nitrogens with zero attached hydrogens (tertiary/aromatic N) is 1. The van der Waals surface area contributed by atoms with E-state index in [-0.39, 0.29) is 12.5 Å². The fraction of sp³-hybridized carbons (Fsp3) is 0.766. The maximum atomic E-state index is 12.8. The summed E-state index contributed by atoms with van der Waals surface area (Å²) in [6.07, 6.45) is 49.8. The Morgan fingerprint density at radius 2 is 1.05 bits per heavy atom. The average Bonchev–Trinajstić information content (AvgIpc) is 3.15. The number of carbonyl (C=O) groups is 1. The van der Waals surface area contributed by atoms with Crippen LogP contribution in [0.2, 0.25) is 0 Å². The lowest BCUT2D eigenvalue weighted by atomic mass is 10.1. The zero-order valence-corrected chi connectivity index (χ0v) is 37.7. The zero-order valence-electron chi connectivity index (χ0n) is 36.8. The molecule has 0 rings (SSSR count). The number of rotatable bonds is 40. The smallest absolute Gasteiger partial charge is 0.268 e. The van der Waals surface area contributed by atoms with E-state index in [4.69, 9.17) is 9.05 Å². The van der Waals surface area contributed by atoms with Gasteiger partial charge >= 0.3 is 0 Å². The molecule has 0 aromatic heterocycles. The van der Waals surface area contributed by atoms with Gasteiger partial charge < -0.3 is 28.8 Å². The first kappa shape index (κ1) is 54.2. The van der Waals surface area contributed by atoms with E-state index >= 15 is 0 Å². The van der Waals surface area contributed by atoms with Crippen LogP contribution in [0.5, 0.6) is 0 Å². The molecule has 0 fully saturated rings. The molecule has 1 amide bonds. The Labute approximate surface area is 345 Å². The first-order valence-corrected chi connectivity index (χ1v) is 24.1. The molecule has 0 aromatic rings. The van der Waals surface area contributed by atoms with Crippen LogP contribution in [0.1, 0.15) is 181 Å². The number of hydrogen-bond donors (Lipinski definition) is 2. The van der Waals surface area contributed by atoms with Crippen molar-refractivity contribution in [2.75, 3.05) is 40.9 Å². The Bertz CT molecular complexity index is 1100. The molecule has 0 bridgehead atoms. The lowest BCUT2D eigenvalue weighted by Crippen LogP contribution is -2.45. The van der Waals surface area contributed by atoms with E-state index in [1.807, 2.05) is 27.2 Å². The maximum Gasteiger partial charge on any atom is 0.268 e. The van der Waals surface area contributed by atoms with Crippen molar-refractivity contribution in [1.82, 2.24) is 5.32 Å². The van der Waals surface area contributed by atoms with Crippen LogP contribution in [0.3, 0.4) is 0 Å². The predicted octanol–water partition coefficient (Wildman–Crippen LogP) is 12.0. The minimum Gasteiger partial charge on any atom is -0.756 e. The summed E-state index contributed by atoms with van der Waals surface area (Å²) in [7, 11) is 1.22. The second-order valence-electron chi connectivity index (χ2n) is 16.4. The topological polar surface area (TPSA) is 108 Å². The molecule has 2 N–H and O–H groups in total. The third-order valence-corrected chi connectivity index (χ3v) is 10.7. The SMILES string of the molecule is CCCCCCC/C=C\C/C=C\C/C=C\CCCCCCCCC(=O)NC(COP(=O)([O-])OCC[N+](C)(C)C)C(O)/C=C/CC/C=C/CCCCCCCCC. The van der Waals surface area contributed by atoms with Gasteiger partial charge in [0.2, 0.25) is 5.91 Å². The number of amides is 1. The number of allylic oxidation sites excluding steroid dienone is 9. The lowest BCUT2D eigenvalue weighted by molar-refractivity contribution is -0.870. The van der Waals surface area contributed by atoms with Crippen LogP contribution in [0.4, 0.5) is 0 Å². The summed E-state index contributed by atoms with van der Waals surface area (Å²) in [5.41, 5.74) is 0. The highest BCUT2D eigenvalue weighted by atomic mass is 31.2. The molecule has 9 heteroatoms. The molecule has 0 aromatic carbocycles. The lowest BCUT2D eigenvalue weighted by Gasteiger charge is -2.29. The predicted molar refractivity (Wildman–Crippen MR) is 237 cm³/mol. The van der Waals surface area contributed by atoms with Gasteiger partial charge in [-0.15, -0.1) is 0 Å². The fourth-order valence-electron chi connectivity index (χ4n) is 6.06. The van der Waals surface area contributed by atoms with Crippen LogP contribution in [0, 0.1) is 0 Å². The Kier molecular flexibility index (Phi) is 37.5. The van der Waals surface area contributed by atoms with E-state index in [1.165, 1.54) is 96.3 Å². The van der Waals surface area contributed by atoms with Crippen molar-refractivity contribution in [3.05, 3.63) is 60.8 Å². The molecule has 0 radical (unpaired) electrons. The number of quaternary nitrogens is 1. The number of hydrogen-bond acceptors (Lipinski definition) is 6. The van der Waals surface area contributed by atoms with Gasteiger partial charge in [-0.05, 0) is 70.6 Å². The summed E-state index contributed by atoms with van der Waals surface area (Å²) in [4.78, 5) is 25.3. The summed E-state index contributed by atoms with van der Waals surface area (Å²) in [5.74, 6) is -0.223. The van der Waals surface area contributed by atoms with Crippen molar-refractivity contribution in [2.45, 2.75) is 193 Å². The van der Waals surface area contributed by atoms with Crippen LogP contribution in [0.15, 0.2) is 60.8 Å². The maximum absolute atomic E-state index is 12.8. The number of likely N-dealkylation sites (N-methyl/N-ethyl adjacent to an activating group) is 1. The number of unbranched alkanes of at least 4 members (excludes halogenated alkanes) is 19. The van der Waals surface area contributed by atoms with Gasteiger partial charge in [-0.3, -0.25) is 9.36 Å².